The summed E-state index contributed by atoms with van der Waals surface area (Å²) in [7, 11) is 0. The Morgan fingerprint density at radius 2 is 1.76 bits per heavy atom. The number of nitrogens with zero attached hydrogens (tertiary/aromatic N) is 1. The molecule has 3 aromatic carbocycles. The zero-order valence-electron chi connectivity index (χ0n) is 19.0. The number of aryl methyl sites for hydroxylation is 1. The zero-order valence-corrected chi connectivity index (χ0v) is 19.8. The molecule has 34 heavy (non-hydrogen) atoms. The van der Waals surface area contributed by atoms with Crippen molar-refractivity contribution in [1.29, 1.82) is 0 Å². The molecule has 6 nitrogen and oxygen atoms in total. The van der Waals surface area contributed by atoms with Crippen LogP contribution in [0.25, 0.3) is 5.76 Å². The van der Waals surface area contributed by atoms with Gasteiger partial charge in [-0.25, -0.2) is 0 Å². The van der Waals surface area contributed by atoms with E-state index in [1.807, 2.05) is 32.9 Å². The minimum absolute atomic E-state index is 0.0477. The topological polar surface area (TPSA) is 87.1 Å². The van der Waals surface area contributed by atoms with E-state index < -0.39 is 17.7 Å². The highest BCUT2D eigenvalue weighted by Crippen LogP contribution is 2.44. The number of phenols is 1. The molecule has 1 fully saturated rings. The fourth-order valence-corrected chi connectivity index (χ4v) is 4.29. The Hall–Kier alpha value is -3.77. The number of amides is 1. The van der Waals surface area contributed by atoms with Crippen molar-refractivity contribution in [2.75, 3.05) is 11.5 Å². The lowest BCUT2D eigenvalue weighted by Gasteiger charge is -2.27. The number of aliphatic hydroxyl groups excluding tert-OH is 1. The van der Waals surface area contributed by atoms with Crippen molar-refractivity contribution in [3.63, 3.8) is 0 Å². The predicted molar refractivity (Wildman–Crippen MR) is 131 cm³/mol. The number of rotatable bonds is 5. The van der Waals surface area contributed by atoms with Crippen LogP contribution in [0.2, 0.25) is 5.02 Å². The average Bonchev–Trinajstić information content (AvgIpc) is 3.08. The molecule has 2 N–H and O–H groups in total. The molecule has 174 valence electrons. The Balaban J connectivity index is 1.96. The number of Topliss-reactive ketones (excluding diaryl/α,β-unsaturated/α-hetero) is 1. The summed E-state index contributed by atoms with van der Waals surface area (Å²) in [5.74, 6) is -1.47. The monoisotopic (exact) mass is 477 g/mol. The third-order valence-electron chi connectivity index (χ3n) is 5.99. The van der Waals surface area contributed by atoms with Gasteiger partial charge in [0.2, 0.25) is 0 Å². The van der Waals surface area contributed by atoms with E-state index in [1.54, 1.807) is 36.4 Å². The largest absolute Gasteiger partial charge is 0.508 e. The number of carbonyl (C=O) groups is 2. The summed E-state index contributed by atoms with van der Waals surface area (Å²) in [5, 5.41) is 21.5. The van der Waals surface area contributed by atoms with Crippen LogP contribution in [0, 0.1) is 13.8 Å². The van der Waals surface area contributed by atoms with Gasteiger partial charge in [0.15, 0.2) is 0 Å². The molecule has 0 aromatic heterocycles. The van der Waals surface area contributed by atoms with Gasteiger partial charge in [-0.15, -0.1) is 0 Å². The second-order valence-corrected chi connectivity index (χ2v) is 8.47. The molecule has 1 atom stereocenters. The number of hydrogen-bond acceptors (Lipinski definition) is 5. The summed E-state index contributed by atoms with van der Waals surface area (Å²) in [4.78, 5) is 28.0. The number of benzene rings is 3. The van der Waals surface area contributed by atoms with E-state index in [-0.39, 0.29) is 17.1 Å². The number of hydrogen-bond donors (Lipinski definition) is 2. The maximum Gasteiger partial charge on any atom is 0.300 e. The lowest BCUT2D eigenvalue weighted by molar-refractivity contribution is -0.132. The Morgan fingerprint density at radius 1 is 1.06 bits per heavy atom. The molecule has 7 heteroatoms. The molecule has 0 spiro atoms. The first kappa shape index (κ1) is 23.4. The second kappa shape index (κ2) is 9.23. The number of phenolic OH excluding ortho intramolecular Hbond substituents is 1. The van der Waals surface area contributed by atoms with Crippen molar-refractivity contribution in [1.82, 2.24) is 0 Å². The Labute approximate surface area is 202 Å². The molecule has 4 rings (SSSR count). The van der Waals surface area contributed by atoms with Crippen LogP contribution in [0.1, 0.15) is 35.2 Å². The van der Waals surface area contributed by atoms with Gasteiger partial charge in [-0.2, -0.15) is 0 Å². The molecule has 1 aliphatic heterocycles. The Morgan fingerprint density at radius 3 is 2.44 bits per heavy atom. The third kappa shape index (κ3) is 4.01. The summed E-state index contributed by atoms with van der Waals surface area (Å²) in [6.45, 7) is 5.98. The third-order valence-corrected chi connectivity index (χ3v) is 6.31. The Kier molecular flexibility index (Phi) is 6.35. The number of aromatic hydroxyl groups is 1. The first-order chi connectivity index (χ1) is 16.2. The molecule has 0 saturated carbocycles. The maximum absolute atomic E-state index is 13.3. The summed E-state index contributed by atoms with van der Waals surface area (Å²) in [5.41, 5.74) is 3.20. The van der Waals surface area contributed by atoms with Crippen molar-refractivity contribution in [3.05, 3.63) is 93.5 Å². The number of ketones is 1. The van der Waals surface area contributed by atoms with Gasteiger partial charge in [0.25, 0.3) is 11.7 Å². The number of anilines is 1. The molecular formula is C27H24ClNO5. The van der Waals surface area contributed by atoms with Crippen LogP contribution >= 0.6 is 11.6 Å². The highest BCUT2D eigenvalue weighted by Gasteiger charge is 2.47. The minimum Gasteiger partial charge on any atom is -0.508 e. The van der Waals surface area contributed by atoms with E-state index in [9.17, 15) is 19.8 Å². The number of aliphatic hydroxyl groups is 1. The first-order valence-corrected chi connectivity index (χ1v) is 11.2. The van der Waals surface area contributed by atoms with Gasteiger partial charge in [-0.3, -0.25) is 14.5 Å². The van der Waals surface area contributed by atoms with Gasteiger partial charge in [-0.1, -0.05) is 35.9 Å². The lowest BCUT2D eigenvalue weighted by Crippen LogP contribution is -2.30. The van der Waals surface area contributed by atoms with Gasteiger partial charge >= 0.3 is 0 Å². The molecule has 1 unspecified atom stereocenters. The molecule has 1 heterocycles. The van der Waals surface area contributed by atoms with E-state index in [1.165, 1.54) is 17.0 Å². The van der Waals surface area contributed by atoms with E-state index in [2.05, 4.69) is 0 Å². The molecular weight excluding hydrogens is 454 g/mol. The van der Waals surface area contributed by atoms with E-state index in [4.69, 9.17) is 16.3 Å². The summed E-state index contributed by atoms with van der Waals surface area (Å²) < 4.78 is 5.53. The Bertz CT molecular complexity index is 1310. The minimum atomic E-state index is -0.896. The number of carbonyl (C=O) groups excluding carboxylic acids is 2. The van der Waals surface area contributed by atoms with Crippen LogP contribution in [-0.2, 0) is 9.59 Å². The fraction of sp³-hybridized carbons (Fsp3) is 0.185. The molecule has 0 bridgehead atoms. The smallest absolute Gasteiger partial charge is 0.300 e. The van der Waals surface area contributed by atoms with Crippen molar-refractivity contribution in [2.24, 2.45) is 0 Å². The molecule has 1 aliphatic rings. The van der Waals surface area contributed by atoms with Gasteiger partial charge < -0.3 is 14.9 Å². The van der Waals surface area contributed by atoms with Crippen LogP contribution in [-0.4, -0.2) is 28.5 Å². The van der Waals surface area contributed by atoms with Crippen LogP contribution in [0.5, 0.6) is 11.5 Å². The van der Waals surface area contributed by atoms with Crippen molar-refractivity contribution in [3.8, 4) is 11.5 Å². The van der Waals surface area contributed by atoms with E-state index in [0.717, 1.165) is 11.1 Å². The fourth-order valence-electron chi connectivity index (χ4n) is 4.12. The highest BCUT2D eigenvalue weighted by atomic mass is 35.5. The van der Waals surface area contributed by atoms with Crippen LogP contribution < -0.4 is 9.64 Å². The molecule has 3 aromatic rings. The number of ether oxygens (including phenoxy) is 1. The first-order valence-electron chi connectivity index (χ1n) is 10.8. The quantitative estimate of drug-likeness (QED) is 0.280. The molecule has 1 amide bonds. The van der Waals surface area contributed by atoms with E-state index in [0.29, 0.717) is 34.2 Å². The summed E-state index contributed by atoms with van der Waals surface area (Å²) >= 11 is 6.19. The SMILES string of the molecule is CCOc1cc(/C(O)=C2\C(=O)C(=O)N(c3cccc(C)c3C)C2c2ccc(O)cc2)ccc1Cl. The standard InChI is InChI=1S/C27H24ClNO5/c1-4-34-22-14-18(10-13-20(22)28)25(31)23-24(17-8-11-19(30)12-9-17)29(27(33)26(23)32)21-7-5-6-15(2)16(21)3/h5-14,24,30-31H,4H2,1-3H3/b25-23+. The normalized spacial score (nSPS) is 17.3. The molecule has 0 aliphatic carbocycles. The number of halogens is 1. The van der Waals surface area contributed by atoms with Crippen LogP contribution in [0.3, 0.4) is 0 Å². The lowest BCUT2D eigenvalue weighted by atomic mass is 9.94. The van der Waals surface area contributed by atoms with Gasteiger partial charge in [0.05, 0.1) is 23.2 Å². The maximum atomic E-state index is 13.3. The second-order valence-electron chi connectivity index (χ2n) is 8.06. The van der Waals surface area contributed by atoms with Crippen molar-refractivity contribution in [2.45, 2.75) is 26.8 Å². The summed E-state index contributed by atoms with van der Waals surface area (Å²) in [6.07, 6.45) is 0. The molecule has 1 saturated heterocycles. The van der Waals surface area contributed by atoms with Gasteiger partial charge in [-0.05, 0) is 73.9 Å². The average molecular weight is 478 g/mol. The van der Waals surface area contributed by atoms with Crippen molar-refractivity contribution >= 4 is 34.7 Å². The van der Waals surface area contributed by atoms with Gasteiger partial charge in [0, 0.05) is 11.3 Å². The van der Waals surface area contributed by atoms with Gasteiger partial charge in [0.1, 0.15) is 17.3 Å². The summed E-state index contributed by atoms with van der Waals surface area (Å²) in [6, 6.07) is 15.5. The van der Waals surface area contributed by atoms with Crippen LogP contribution in [0.4, 0.5) is 5.69 Å². The zero-order chi connectivity index (χ0) is 24.6. The van der Waals surface area contributed by atoms with Crippen LogP contribution in [0.15, 0.2) is 66.2 Å². The molecule has 0 radical (unpaired) electrons. The highest BCUT2D eigenvalue weighted by molar-refractivity contribution is 6.51. The predicted octanol–water partition coefficient (Wildman–Crippen LogP) is 5.69. The van der Waals surface area contributed by atoms with E-state index >= 15 is 0 Å². The van der Waals surface area contributed by atoms with Crippen molar-refractivity contribution < 1.29 is 24.5 Å².